The van der Waals surface area contributed by atoms with Crippen LogP contribution in [0.25, 0.3) is 11.0 Å². The molecule has 0 N–H and O–H groups in total. The fourth-order valence-electron chi connectivity index (χ4n) is 2.13. The first-order chi connectivity index (χ1) is 8.81. The van der Waals surface area contributed by atoms with Crippen molar-refractivity contribution in [2.24, 2.45) is 0 Å². The van der Waals surface area contributed by atoms with Crippen molar-refractivity contribution < 1.29 is 23.4 Å². The number of fused-ring (bicyclic) bond motifs is 1. The van der Waals surface area contributed by atoms with Gasteiger partial charge >= 0.3 is 5.97 Å². The molecule has 0 aliphatic carbocycles. The predicted molar refractivity (Wildman–Crippen MR) is 62.2 cm³/mol. The van der Waals surface area contributed by atoms with Gasteiger partial charge in [-0.1, -0.05) is 18.2 Å². The van der Waals surface area contributed by atoms with Crippen LogP contribution in [0, 0.1) is 0 Å². The molecule has 1 aliphatic heterocycles. The molecule has 0 bridgehead atoms. The molecule has 1 saturated heterocycles. The lowest BCUT2D eigenvalue weighted by Crippen LogP contribution is -2.08. The van der Waals surface area contributed by atoms with E-state index in [2.05, 4.69) is 0 Å². The average Bonchev–Trinajstić information content (AvgIpc) is 3.03. The molecule has 5 nitrogen and oxygen atoms in total. The zero-order valence-electron chi connectivity index (χ0n) is 9.84. The summed E-state index contributed by atoms with van der Waals surface area (Å²) < 4.78 is 20.9. The molecular weight excluding hydrogens is 236 g/mol. The number of para-hydroxylation sites is 1. The van der Waals surface area contributed by atoms with Crippen molar-refractivity contribution in [2.45, 2.75) is 6.10 Å². The van der Waals surface area contributed by atoms with Crippen LogP contribution in [-0.2, 0) is 14.2 Å². The molecule has 2 heterocycles. The number of furan rings is 1. The van der Waals surface area contributed by atoms with Gasteiger partial charge in [-0.3, -0.25) is 0 Å². The number of carbonyl (C=O) groups excluding carboxylic acids is 1. The molecular formula is C13H12O5. The minimum absolute atomic E-state index is 0.189. The smallest absolute Gasteiger partial charge is 0.374 e. The lowest BCUT2D eigenvalue weighted by Gasteiger charge is -2.07. The molecule has 0 saturated carbocycles. The topological polar surface area (TPSA) is 57.9 Å². The van der Waals surface area contributed by atoms with Gasteiger partial charge in [0, 0.05) is 10.9 Å². The van der Waals surface area contributed by atoms with E-state index in [1.165, 1.54) is 7.11 Å². The Kier molecular flexibility index (Phi) is 2.77. The first-order valence-corrected chi connectivity index (χ1v) is 5.60. The summed E-state index contributed by atoms with van der Waals surface area (Å²) in [6.45, 7) is 0.637. The lowest BCUT2D eigenvalue weighted by molar-refractivity contribution is 0.0440. The number of hydrogen-bond acceptors (Lipinski definition) is 5. The van der Waals surface area contributed by atoms with Gasteiger partial charge in [-0.15, -0.1) is 0 Å². The Morgan fingerprint density at radius 1 is 1.39 bits per heavy atom. The Labute approximate surface area is 103 Å². The van der Waals surface area contributed by atoms with Crippen molar-refractivity contribution in [3.63, 3.8) is 0 Å². The van der Waals surface area contributed by atoms with Crippen molar-refractivity contribution >= 4 is 16.9 Å². The van der Waals surface area contributed by atoms with Gasteiger partial charge in [0.05, 0.1) is 13.7 Å². The van der Waals surface area contributed by atoms with Crippen LogP contribution in [0.15, 0.2) is 28.7 Å². The molecule has 2 aromatic rings. The van der Waals surface area contributed by atoms with E-state index >= 15 is 0 Å². The van der Waals surface area contributed by atoms with Gasteiger partial charge in [0.25, 0.3) is 0 Å². The van der Waals surface area contributed by atoms with Crippen molar-refractivity contribution in [3.8, 4) is 0 Å². The summed E-state index contributed by atoms with van der Waals surface area (Å²) in [7, 11) is 1.32. The van der Waals surface area contributed by atoms with E-state index in [0.29, 0.717) is 17.8 Å². The van der Waals surface area contributed by atoms with E-state index in [1.54, 1.807) is 6.07 Å². The molecule has 1 aromatic carbocycles. The summed E-state index contributed by atoms with van der Waals surface area (Å²) in [5.74, 6) is -0.314. The number of esters is 1. The molecule has 0 radical (unpaired) electrons. The Balaban J connectivity index is 2.20. The van der Waals surface area contributed by atoms with Crippen molar-refractivity contribution in [1.82, 2.24) is 0 Å². The number of carbonyl (C=O) groups is 1. The third-order valence-electron chi connectivity index (χ3n) is 2.95. The molecule has 1 aromatic heterocycles. The zero-order valence-corrected chi connectivity index (χ0v) is 9.84. The second-order valence-electron chi connectivity index (χ2n) is 3.98. The standard InChI is InChI=1S/C13H12O5/c1-15-13(14)12-11(10-6-16-7-17-10)8-4-2-3-5-9(8)18-12/h2-5,10H,6-7H2,1H3. The maximum atomic E-state index is 11.7. The number of methoxy groups -OCH3 is 1. The van der Waals surface area contributed by atoms with Gasteiger partial charge in [0.2, 0.25) is 5.76 Å². The molecule has 0 amide bonds. The van der Waals surface area contributed by atoms with E-state index in [0.717, 1.165) is 5.39 Å². The van der Waals surface area contributed by atoms with E-state index in [-0.39, 0.29) is 18.7 Å². The Morgan fingerprint density at radius 3 is 2.94 bits per heavy atom. The Morgan fingerprint density at radius 2 is 2.22 bits per heavy atom. The van der Waals surface area contributed by atoms with Crippen LogP contribution in [0.2, 0.25) is 0 Å². The minimum atomic E-state index is -0.503. The van der Waals surface area contributed by atoms with Gasteiger partial charge in [-0.05, 0) is 6.07 Å². The number of benzene rings is 1. The van der Waals surface area contributed by atoms with Gasteiger partial charge in [0.1, 0.15) is 18.5 Å². The van der Waals surface area contributed by atoms with Crippen molar-refractivity contribution in [3.05, 3.63) is 35.6 Å². The van der Waals surface area contributed by atoms with Crippen LogP contribution < -0.4 is 0 Å². The second-order valence-corrected chi connectivity index (χ2v) is 3.98. The van der Waals surface area contributed by atoms with Gasteiger partial charge < -0.3 is 18.6 Å². The third-order valence-corrected chi connectivity index (χ3v) is 2.95. The first kappa shape index (κ1) is 11.3. The second kappa shape index (κ2) is 4.44. The fourth-order valence-corrected chi connectivity index (χ4v) is 2.13. The summed E-state index contributed by atoms with van der Waals surface area (Å²) in [6.07, 6.45) is -0.289. The molecule has 0 spiro atoms. The monoisotopic (exact) mass is 248 g/mol. The summed E-state index contributed by atoms with van der Waals surface area (Å²) in [6, 6.07) is 7.43. The quantitative estimate of drug-likeness (QED) is 0.763. The molecule has 1 unspecified atom stereocenters. The predicted octanol–water partition coefficient (Wildman–Crippen LogP) is 2.26. The molecule has 1 fully saturated rings. The van der Waals surface area contributed by atoms with Gasteiger partial charge in [-0.2, -0.15) is 0 Å². The number of ether oxygens (including phenoxy) is 3. The van der Waals surface area contributed by atoms with Crippen LogP contribution in [0.4, 0.5) is 0 Å². The van der Waals surface area contributed by atoms with E-state index in [4.69, 9.17) is 18.6 Å². The van der Waals surface area contributed by atoms with Crippen LogP contribution >= 0.6 is 0 Å². The molecule has 1 atom stereocenters. The minimum Gasteiger partial charge on any atom is -0.463 e. The lowest BCUT2D eigenvalue weighted by atomic mass is 10.1. The highest BCUT2D eigenvalue weighted by Crippen LogP contribution is 2.35. The highest BCUT2D eigenvalue weighted by Gasteiger charge is 2.30. The van der Waals surface area contributed by atoms with Crippen molar-refractivity contribution in [2.75, 3.05) is 20.5 Å². The third kappa shape index (κ3) is 1.68. The van der Waals surface area contributed by atoms with Crippen LogP contribution in [0.3, 0.4) is 0 Å². The zero-order chi connectivity index (χ0) is 12.5. The van der Waals surface area contributed by atoms with Gasteiger partial charge in [0.15, 0.2) is 0 Å². The Bertz CT molecular complexity index is 580. The van der Waals surface area contributed by atoms with E-state index in [1.807, 2.05) is 18.2 Å². The van der Waals surface area contributed by atoms with Crippen molar-refractivity contribution in [1.29, 1.82) is 0 Å². The van der Waals surface area contributed by atoms with Crippen LogP contribution in [0.1, 0.15) is 22.2 Å². The Hall–Kier alpha value is -1.85. The highest BCUT2D eigenvalue weighted by molar-refractivity contribution is 5.96. The molecule has 1 aliphatic rings. The molecule has 18 heavy (non-hydrogen) atoms. The van der Waals surface area contributed by atoms with Gasteiger partial charge in [-0.25, -0.2) is 4.79 Å². The SMILES string of the molecule is COC(=O)c1oc2ccccc2c1C1COCO1. The largest absolute Gasteiger partial charge is 0.463 e. The summed E-state index contributed by atoms with van der Waals surface area (Å²) in [5, 5.41) is 0.855. The molecule has 3 rings (SSSR count). The highest BCUT2D eigenvalue weighted by atomic mass is 16.7. The van der Waals surface area contributed by atoms with Crippen LogP contribution in [-0.4, -0.2) is 26.5 Å². The normalized spacial score (nSPS) is 19.3. The van der Waals surface area contributed by atoms with E-state index < -0.39 is 5.97 Å². The summed E-state index contributed by atoms with van der Waals surface area (Å²) in [5.41, 5.74) is 1.35. The summed E-state index contributed by atoms with van der Waals surface area (Å²) >= 11 is 0. The van der Waals surface area contributed by atoms with E-state index in [9.17, 15) is 4.79 Å². The average molecular weight is 248 g/mol. The van der Waals surface area contributed by atoms with Crippen LogP contribution in [0.5, 0.6) is 0 Å². The maximum absolute atomic E-state index is 11.7. The molecule has 94 valence electrons. The number of hydrogen-bond donors (Lipinski definition) is 0. The summed E-state index contributed by atoms with van der Waals surface area (Å²) in [4.78, 5) is 11.7. The molecule has 5 heteroatoms. The fraction of sp³-hybridized carbons (Fsp3) is 0.308. The number of rotatable bonds is 2. The first-order valence-electron chi connectivity index (χ1n) is 5.60. The maximum Gasteiger partial charge on any atom is 0.374 e.